The average Bonchev–Trinajstić information content (AvgIpc) is 3.20. The Labute approximate surface area is 226 Å². The lowest BCUT2D eigenvalue weighted by molar-refractivity contribution is -0.161. The molecule has 0 aromatic heterocycles. The number of ether oxygens (including phenoxy) is 3. The second kappa shape index (κ2) is 12.7. The van der Waals surface area contributed by atoms with Crippen LogP contribution in [0.25, 0.3) is 0 Å². The molecule has 1 aliphatic heterocycles. The number of likely N-dealkylation sites (tertiary alicyclic amines) is 1. The lowest BCUT2D eigenvalue weighted by Crippen LogP contribution is -2.44. The number of alkyl halides is 3. The molecule has 10 nitrogen and oxygen atoms in total. The first-order chi connectivity index (χ1) is 16.3. The van der Waals surface area contributed by atoms with Crippen molar-refractivity contribution in [3.05, 3.63) is 0 Å². The summed E-state index contributed by atoms with van der Waals surface area (Å²) in [4.78, 5) is 49.4. The van der Waals surface area contributed by atoms with Crippen LogP contribution in [-0.4, -0.2) is 74.5 Å². The molecule has 208 valence electrons. The van der Waals surface area contributed by atoms with Crippen molar-refractivity contribution >= 4 is 59.0 Å². The highest BCUT2D eigenvalue weighted by Gasteiger charge is 2.43. The van der Waals surface area contributed by atoms with E-state index in [1.54, 1.807) is 0 Å². The summed E-state index contributed by atoms with van der Waals surface area (Å²) in [6, 6.07) is -0.864. The van der Waals surface area contributed by atoms with Gasteiger partial charge < -0.3 is 24.4 Å². The van der Waals surface area contributed by atoms with Crippen molar-refractivity contribution in [1.29, 1.82) is 0 Å². The van der Waals surface area contributed by atoms with Gasteiger partial charge in [0.2, 0.25) is 3.79 Å². The van der Waals surface area contributed by atoms with E-state index in [-0.39, 0.29) is 18.9 Å². The molecular formula is C23H36Cl3NO9. The summed E-state index contributed by atoms with van der Waals surface area (Å²) < 4.78 is 14.0. The van der Waals surface area contributed by atoms with Gasteiger partial charge in [0.1, 0.15) is 24.9 Å². The number of carbonyl (C=O) groups is 4. The van der Waals surface area contributed by atoms with Crippen LogP contribution >= 0.6 is 34.8 Å². The van der Waals surface area contributed by atoms with Crippen LogP contribution in [0.1, 0.15) is 67.2 Å². The van der Waals surface area contributed by atoms with Crippen LogP contribution in [0.4, 0.5) is 9.59 Å². The number of amides is 1. The fourth-order valence-corrected chi connectivity index (χ4v) is 3.95. The van der Waals surface area contributed by atoms with Gasteiger partial charge in [-0.3, -0.25) is 9.69 Å². The zero-order chi connectivity index (χ0) is 28.1. The monoisotopic (exact) mass is 575 g/mol. The second-order valence-electron chi connectivity index (χ2n) is 10.8. The molecule has 0 saturated carbocycles. The fraction of sp³-hybridized carbons (Fsp3) is 0.826. The molecular weight excluding hydrogens is 541 g/mol. The third-order valence-corrected chi connectivity index (χ3v) is 6.50. The van der Waals surface area contributed by atoms with Crippen LogP contribution in [0.2, 0.25) is 0 Å². The molecule has 1 saturated heterocycles. The number of nitrogens with zero attached hydrogens (tertiary/aromatic N) is 1. The predicted molar refractivity (Wildman–Crippen MR) is 133 cm³/mol. The van der Waals surface area contributed by atoms with Gasteiger partial charge in [0.05, 0.1) is 5.41 Å². The Balaban J connectivity index is 2.97. The number of rotatable bonds is 10. The highest BCUT2D eigenvalue weighted by Crippen LogP contribution is 2.35. The highest BCUT2D eigenvalue weighted by atomic mass is 35.6. The summed E-state index contributed by atoms with van der Waals surface area (Å²) in [5, 5.41) is 19.0. The van der Waals surface area contributed by atoms with Crippen LogP contribution in [-0.2, 0) is 23.8 Å². The molecule has 0 bridgehead atoms. The molecule has 1 amide bonds. The molecule has 1 rings (SSSR count). The van der Waals surface area contributed by atoms with Gasteiger partial charge in [0.25, 0.3) is 0 Å². The molecule has 0 aliphatic carbocycles. The van der Waals surface area contributed by atoms with Crippen LogP contribution in [0, 0.1) is 16.7 Å². The number of carboxylic acid groups (broad SMARTS) is 2. The van der Waals surface area contributed by atoms with Crippen LogP contribution in [0.3, 0.4) is 0 Å². The number of aliphatic carboxylic acids is 1. The maximum atomic E-state index is 12.8. The van der Waals surface area contributed by atoms with Crippen molar-refractivity contribution in [1.82, 2.24) is 4.90 Å². The van der Waals surface area contributed by atoms with Crippen molar-refractivity contribution < 1.29 is 43.6 Å². The van der Waals surface area contributed by atoms with E-state index in [0.717, 1.165) is 4.90 Å². The number of hydrogen-bond acceptors (Lipinski definition) is 7. The van der Waals surface area contributed by atoms with Gasteiger partial charge >= 0.3 is 24.2 Å². The normalized spacial score (nSPS) is 19.2. The van der Waals surface area contributed by atoms with E-state index in [1.165, 1.54) is 13.8 Å². The molecule has 0 radical (unpaired) electrons. The Hall–Kier alpha value is -1.65. The van der Waals surface area contributed by atoms with E-state index >= 15 is 0 Å². The predicted octanol–water partition coefficient (Wildman–Crippen LogP) is 5.51. The minimum atomic E-state index is -1.86. The van der Waals surface area contributed by atoms with Crippen molar-refractivity contribution in [3.8, 4) is 0 Å². The third kappa shape index (κ3) is 10.0. The number of hydrogen-bond donors (Lipinski definition) is 2. The van der Waals surface area contributed by atoms with E-state index in [2.05, 4.69) is 0 Å². The summed E-state index contributed by atoms with van der Waals surface area (Å²) in [6.07, 6.45) is -2.70. The number of carbonyl (C=O) groups excluding carboxylic acids is 2. The van der Waals surface area contributed by atoms with E-state index in [9.17, 15) is 29.4 Å². The van der Waals surface area contributed by atoms with Gasteiger partial charge in [-0.15, -0.1) is 0 Å². The van der Waals surface area contributed by atoms with Crippen LogP contribution in [0.5, 0.6) is 0 Å². The number of esters is 1. The smallest absolute Gasteiger partial charge is 0.481 e. The zero-order valence-electron chi connectivity index (χ0n) is 21.4. The van der Waals surface area contributed by atoms with E-state index in [1.807, 2.05) is 27.7 Å². The Morgan fingerprint density at radius 3 is 2.00 bits per heavy atom. The van der Waals surface area contributed by atoms with Crippen LogP contribution in [0.15, 0.2) is 0 Å². The molecule has 1 heterocycles. The van der Waals surface area contributed by atoms with E-state index in [4.69, 9.17) is 49.0 Å². The lowest BCUT2D eigenvalue weighted by atomic mass is 9.78. The topological polar surface area (TPSA) is 140 Å². The number of halogens is 3. The lowest BCUT2D eigenvalue weighted by Gasteiger charge is -2.36. The van der Waals surface area contributed by atoms with Crippen molar-refractivity contribution in [2.24, 2.45) is 16.7 Å². The molecule has 0 aromatic rings. The molecule has 2 N–H and O–H groups in total. The van der Waals surface area contributed by atoms with E-state index < -0.39 is 63.7 Å². The first-order valence-corrected chi connectivity index (χ1v) is 12.7. The second-order valence-corrected chi connectivity index (χ2v) is 13.3. The quantitative estimate of drug-likeness (QED) is 0.254. The first-order valence-electron chi connectivity index (χ1n) is 11.6. The van der Waals surface area contributed by atoms with Gasteiger partial charge in [-0.2, -0.15) is 0 Å². The van der Waals surface area contributed by atoms with Crippen molar-refractivity contribution in [3.63, 3.8) is 0 Å². The van der Waals surface area contributed by atoms with Gasteiger partial charge in [0, 0.05) is 6.54 Å². The summed E-state index contributed by atoms with van der Waals surface area (Å²) in [5.74, 6) is -2.08. The van der Waals surface area contributed by atoms with Crippen molar-refractivity contribution in [2.45, 2.75) is 89.3 Å². The van der Waals surface area contributed by atoms with Gasteiger partial charge in [-0.1, -0.05) is 62.5 Å². The Kier molecular flexibility index (Phi) is 11.5. The molecule has 4 atom stereocenters. The molecule has 1 aliphatic rings. The minimum absolute atomic E-state index is 0.108. The summed E-state index contributed by atoms with van der Waals surface area (Å²) in [7, 11) is 0. The fourth-order valence-electron chi connectivity index (χ4n) is 3.78. The maximum absolute atomic E-state index is 12.8. The SMILES string of the molecule is C[C@@H](C[C@H](OC(=O)C1CCCN1C(=O)O)C(C)(C)C)C[C@H](OC(=O)OCC(Cl)(Cl)Cl)C(C)(C)C(=O)O. The third-order valence-electron chi connectivity index (χ3n) is 6.18. The molecule has 36 heavy (non-hydrogen) atoms. The summed E-state index contributed by atoms with van der Waals surface area (Å²) in [6.45, 7) is 9.96. The average molecular weight is 577 g/mol. The molecule has 0 spiro atoms. The van der Waals surface area contributed by atoms with Crippen LogP contribution < -0.4 is 0 Å². The summed E-state index contributed by atoms with van der Waals surface area (Å²) >= 11 is 16.7. The molecule has 0 aromatic carbocycles. The van der Waals surface area contributed by atoms with Crippen molar-refractivity contribution in [2.75, 3.05) is 13.2 Å². The minimum Gasteiger partial charge on any atom is -0.481 e. The first kappa shape index (κ1) is 32.4. The zero-order valence-corrected chi connectivity index (χ0v) is 23.7. The highest BCUT2D eigenvalue weighted by molar-refractivity contribution is 6.67. The van der Waals surface area contributed by atoms with Gasteiger partial charge in [-0.25, -0.2) is 14.4 Å². The Morgan fingerprint density at radius 2 is 1.53 bits per heavy atom. The largest absolute Gasteiger partial charge is 0.508 e. The van der Waals surface area contributed by atoms with Gasteiger partial charge in [0.15, 0.2) is 0 Å². The Morgan fingerprint density at radius 1 is 0.972 bits per heavy atom. The number of carboxylic acids is 1. The van der Waals surface area contributed by atoms with Gasteiger partial charge in [-0.05, 0) is 50.9 Å². The molecule has 1 fully saturated rings. The maximum Gasteiger partial charge on any atom is 0.508 e. The van der Waals surface area contributed by atoms with E-state index in [0.29, 0.717) is 19.3 Å². The molecule has 13 heteroatoms. The summed E-state index contributed by atoms with van der Waals surface area (Å²) in [5.41, 5.74) is -1.98. The Bertz CT molecular complexity index is 808. The molecule has 1 unspecified atom stereocenters. The standard InChI is InChI=1S/C23H36Cl3NO9/c1-13(11-16(22(5,6)18(29)30)36-20(33)34-12-23(24,25)26)10-15(21(2,3)4)35-17(28)14-8-7-9-27(14)19(31)32/h13-16H,7-12H2,1-6H3,(H,29,30)(H,31,32)/t13-,14?,15-,16-/m0/s1.